The third-order valence-electron chi connectivity index (χ3n) is 2.72. The average molecular weight is 263 g/mol. The molecule has 1 unspecified atom stereocenters. The summed E-state index contributed by atoms with van der Waals surface area (Å²) in [6, 6.07) is 3.34. The molecule has 0 aromatic carbocycles. The number of aromatic nitrogens is 1. The Kier molecular flexibility index (Phi) is 3.57. The van der Waals surface area contributed by atoms with Gasteiger partial charge in [-0.05, 0) is 19.1 Å². The summed E-state index contributed by atoms with van der Waals surface area (Å²) in [7, 11) is 0. The highest BCUT2D eigenvalue weighted by atomic mass is 16.5. The zero-order valence-corrected chi connectivity index (χ0v) is 10.3. The summed E-state index contributed by atoms with van der Waals surface area (Å²) in [6.45, 7) is 1.68. The molecule has 0 fully saturated rings. The number of esters is 1. The standard InChI is InChI=1S/C12H13N3O4/c1-2-19-11(17)12(18)7-9(14-15-10(12)16)8-3-5-13-6-4-8/h3-6,18H,2,7H2,1H3,(H,15,16). The van der Waals surface area contributed by atoms with Gasteiger partial charge in [-0.3, -0.25) is 9.78 Å². The molecule has 0 saturated heterocycles. The second-order valence-corrected chi connectivity index (χ2v) is 3.99. The molecule has 7 heteroatoms. The fourth-order valence-electron chi connectivity index (χ4n) is 1.70. The molecule has 2 heterocycles. The fourth-order valence-corrected chi connectivity index (χ4v) is 1.70. The second kappa shape index (κ2) is 5.15. The Hall–Kier alpha value is -2.28. The van der Waals surface area contributed by atoms with Gasteiger partial charge in [-0.1, -0.05) is 0 Å². The van der Waals surface area contributed by atoms with Crippen molar-refractivity contribution in [3.63, 3.8) is 0 Å². The fraction of sp³-hybridized carbons (Fsp3) is 0.333. The maximum Gasteiger partial charge on any atom is 0.348 e. The molecular weight excluding hydrogens is 250 g/mol. The van der Waals surface area contributed by atoms with Gasteiger partial charge < -0.3 is 9.84 Å². The lowest BCUT2D eigenvalue weighted by atomic mass is 9.91. The number of hydrazone groups is 1. The zero-order valence-electron chi connectivity index (χ0n) is 10.3. The molecule has 100 valence electrons. The number of hydrogen-bond donors (Lipinski definition) is 2. The number of hydrogen-bond acceptors (Lipinski definition) is 6. The van der Waals surface area contributed by atoms with Crippen LogP contribution in [0, 0.1) is 0 Å². The highest BCUT2D eigenvalue weighted by molar-refractivity contribution is 6.15. The maximum absolute atomic E-state index is 11.7. The highest BCUT2D eigenvalue weighted by Crippen LogP contribution is 2.21. The van der Waals surface area contributed by atoms with Gasteiger partial charge in [0.1, 0.15) is 0 Å². The maximum atomic E-state index is 11.7. The molecule has 2 rings (SSSR count). The van der Waals surface area contributed by atoms with Gasteiger partial charge in [-0.2, -0.15) is 5.10 Å². The normalized spacial score (nSPS) is 22.4. The van der Waals surface area contributed by atoms with E-state index in [1.54, 1.807) is 31.5 Å². The number of carbonyl (C=O) groups excluding carboxylic acids is 2. The number of carbonyl (C=O) groups is 2. The Bertz CT molecular complexity index is 529. The first-order valence-electron chi connectivity index (χ1n) is 5.75. The predicted octanol–water partition coefficient (Wildman–Crippen LogP) is -0.400. The van der Waals surface area contributed by atoms with Gasteiger partial charge in [0.05, 0.1) is 12.3 Å². The molecule has 0 aliphatic carbocycles. The zero-order chi connectivity index (χ0) is 13.9. The van der Waals surface area contributed by atoms with E-state index in [0.29, 0.717) is 11.3 Å². The molecule has 1 aliphatic heterocycles. The molecule has 19 heavy (non-hydrogen) atoms. The molecular formula is C12H13N3O4. The summed E-state index contributed by atoms with van der Waals surface area (Å²) >= 11 is 0. The van der Waals surface area contributed by atoms with Crippen LogP contribution < -0.4 is 5.43 Å². The largest absolute Gasteiger partial charge is 0.463 e. The summed E-state index contributed by atoms with van der Waals surface area (Å²) in [5.74, 6) is -1.86. The number of nitrogens with zero attached hydrogens (tertiary/aromatic N) is 2. The second-order valence-electron chi connectivity index (χ2n) is 3.99. The van der Waals surface area contributed by atoms with Crippen molar-refractivity contribution in [2.45, 2.75) is 18.9 Å². The van der Waals surface area contributed by atoms with E-state index in [-0.39, 0.29) is 13.0 Å². The van der Waals surface area contributed by atoms with Crippen LogP contribution >= 0.6 is 0 Å². The van der Waals surface area contributed by atoms with E-state index in [4.69, 9.17) is 4.74 Å². The van der Waals surface area contributed by atoms with Crippen molar-refractivity contribution in [3.05, 3.63) is 30.1 Å². The third kappa shape index (κ3) is 2.45. The molecule has 7 nitrogen and oxygen atoms in total. The molecule has 0 bridgehead atoms. The quantitative estimate of drug-likeness (QED) is 0.571. The predicted molar refractivity (Wildman–Crippen MR) is 65.1 cm³/mol. The smallest absolute Gasteiger partial charge is 0.348 e. The van der Waals surface area contributed by atoms with Gasteiger partial charge in [0.2, 0.25) is 5.60 Å². The Morgan fingerprint density at radius 2 is 2.21 bits per heavy atom. The first kappa shape index (κ1) is 13.2. The van der Waals surface area contributed by atoms with E-state index < -0.39 is 17.5 Å². The van der Waals surface area contributed by atoms with Crippen LogP contribution in [-0.2, 0) is 14.3 Å². The van der Waals surface area contributed by atoms with Crippen LogP contribution in [0.1, 0.15) is 18.9 Å². The van der Waals surface area contributed by atoms with Crippen LogP contribution in [0.4, 0.5) is 0 Å². The monoisotopic (exact) mass is 263 g/mol. The van der Waals surface area contributed by atoms with Crippen molar-refractivity contribution in [1.29, 1.82) is 0 Å². The van der Waals surface area contributed by atoms with E-state index in [1.165, 1.54) is 0 Å². The minimum absolute atomic E-state index is 0.0795. The molecule has 0 spiro atoms. The Labute approximate surface area is 109 Å². The molecule has 2 N–H and O–H groups in total. The SMILES string of the molecule is CCOC(=O)C1(O)CC(c2ccncc2)=NNC1=O. The van der Waals surface area contributed by atoms with Crippen molar-refractivity contribution in [2.75, 3.05) is 6.61 Å². The summed E-state index contributed by atoms with van der Waals surface area (Å²) in [6.07, 6.45) is 2.87. The highest BCUT2D eigenvalue weighted by Gasteiger charge is 2.49. The van der Waals surface area contributed by atoms with Crippen LogP contribution in [-0.4, -0.2) is 39.9 Å². The molecule has 1 atom stereocenters. The Morgan fingerprint density at radius 1 is 1.53 bits per heavy atom. The van der Waals surface area contributed by atoms with Gasteiger partial charge in [0, 0.05) is 24.4 Å². The lowest BCUT2D eigenvalue weighted by Gasteiger charge is -2.27. The lowest BCUT2D eigenvalue weighted by molar-refractivity contribution is -0.171. The first-order valence-corrected chi connectivity index (χ1v) is 5.75. The van der Waals surface area contributed by atoms with Crippen molar-refractivity contribution < 1.29 is 19.4 Å². The first-order chi connectivity index (χ1) is 9.08. The van der Waals surface area contributed by atoms with Crippen LogP contribution in [0.25, 0.3) is 0 Å². The number of rotatable bonds is 3. The third-order valence-corrected chi connectivity index (χ3v) is 2.72. The molecule has 0 radical (unpaired) electrons. The Balaban J connectivity index is 2.28. The van der Waals surface area contributed by atoms with Gasteiger partial charge in [0.15, 0.2) is 0 Å². The van der Waals surface area contributed by atoms with E-state index in [1.807, 2.05) is 0 Å². The minimum Gasteiger partial charge on any atom is -0.463 e. The topological polar surface area (TPSA) is 101 Å². The van der Waals surface area contributed by atoms with E-state index in [9.17, 15) is 14.7 Å². The summed E-state index contributed by atoms with van der Waals surface area (Å²) in [5, 5.41) is 14.0. The van der Waals surface area contributed by atoms with Gasteiger partial charge in [-0.25, -0.2) is 10.2 Å². The van der Waals surface area contributed by atoms with Crippen LogP contribution in [0.5, 0.6) is 0 Å². The van der Waals surface area contributed by atoms with Crippen LogP contribution in [0.2, 0.25) is 0 Å². The molecule has 0 saturated carbocycles. The average Bonchev–Trinajstić information content (AvgIpc) is 2.43. The summed E-state index contributed by atoms with van der Waals surface area (Å²) in [4.78, 5) is 27.2. The van der Waals surface area contributed by atoms with Crippen LogP contribution in [0.3, 0.4) is 0 Å². The van der Waals surface area contributed by atoms with E-state index >= 15 is 0 Å². The molecule has 1 aliphatic rings. The number of nitrogens with one attached hydrogen (secondary N) is 1. The summed E-state index contributed by atoms with van der Waals surface area (Å²) < 4.78 is 4.72. The Morgan fingerprint density at radius 3 is 2.84 bits per heavy atom. The number of amides is 1. The van der Waals surface area contributed by atoms with Gasteiger partial charge in [-0.15, -0.1) is 0 Å². The van der Waals surface area contributed by atoms with Gasteiger partial charge in [0.25, 0.3) is 5.91 Å². The molecule has 1 amide bonds. The van der Waals surface area contributed by atoms with E-state index in [0.717, 1.165) is 0 Å². The number of pyridine rings is 1. The number of ether oxygens (including phenoxy) is 1. The molecule has 1 aromatic rings. The minimum atomic E-state index is -2.24. The van der Waals surface area contributed by atoms with Crippen molar-refractivity contribution in [3.8, 4) is 0 Å². The lowest BCUT2D eigenvalue weighted by Crippen LogP contribution is -2.56. The van der Waals surface area contributed by atoms with Crippen molar-refractivity contribution >= 4 is 17.6 Å². The summed E-state index contributed by atoms with van der Waals surface area (Å²) in [5.41, 5.74) is 0.950. The van der Waals surface area contributed by atoms with E-state index in [2.05, 4.69) is 15.5 Å². The number of aliphatic hydroxyl groups is 1. The van der Waals surface area contributed by atoms with Gasteiger partial charge >= 0.3 is 5.97 Å². The van der Waals surface area contributed by atoms with Crippen molar-refractivity contribution in [1.82, 2.24) is 10.4 Å². The van der Waals surface area contributed by atoms with Crippen LogP contribution in [0.15, 0.2) is 29.6 Å². The molecule has 1 aromatic heterocycles. The van der Waals surface area contributed by atoms with Crippen molar-refractivity contribution in [2.24, 2.45) is 5.10 Å².